The van der Waals surface area contributed by atoms with Crippen molar-refractivity contribution in [3.05, 3.63) is 23.3 Å². The highest BCUT2D eigenvalue weighted by Crippen LogP contribution is 2.07. The molecule has 140 valence electrons. The van der Waals surface area contributed by atoms with E-state index < -0.39 is 5.97 Å². The molecule has 0 aliphatic heterocycles. The van der Waals surface area contributed by atoms with Crippen molar-refractivity contribution in [1.82, 2.24) is 0 Å². The van der Waals surface area contributed by atoms with Gasteiger partial charge in [-0.25, -0.2) is 0 Å². The highest BCUT2D eigenvalue weighted by Gasteiger charge is 2.04. The Bertz CT molecular complexity index is 413. The molecule has 0 bridgehead atoms. The first-order chi connectivity index (χ1) is 11.0. The Morgan fingerprint density at radius 1 is 0.958 bits per heavy atom. The number of esters is 1. The van der Waals surface area contributed by atoms with Crippen LogP contribution in [0.2, 0.25) is 0 Å². The summed E-state index contributed by atoms with van der Waals surface area (Å²) in [6.07, 6.45) is 7.10. The van der Waals surface area contributed by atoms with E-state index in [2.05, 4.69) is 26.8 Å². The number of carboxylic acids is 1. The summed E-state index contributed by atoms with van der Waals surface area (Å²) in [7, 11) is 0. The van der Waals surface area contributed by atoms with Crippen molar-refractivity contribution in [1.29, 1.82) is 0 Å². The van der Waals surface area contributed by atoms with Crippen LogP contribution in [0, 0.1) is 11.8 Å². The summed E-state index contributed by atoms with van der Waals surface area (Å²) in [6.45, 7) is 14.5. The summed E-state index contributed by atoms with van der Waals surface area (Å²) in [5, 5.41) is 8.08. The molecule has 0 spiro atoms. The van der Waals surface area contributed by atoms with Crippen molar-refractivity contribution < 1.29 is 19.4 Å². The molecule has 0 aromatic heterocycles. The van der Waals surface area contributed by atoms with Gasteiger partial charge in [0.15, 0.2) is 0 Å². The van der Waals surface area contributed by atoms with Crippen molar-refractivity contribution >= 4 is 11.9 Å². The zero-order chi connectivity index (χ0) is 19.1. The van der Waals surface area contributed by atoms with E-state index in [4.69, 9.17) is 9.84 Å². The molecule has 0 aromatic rings. The molecule has 0 rings (SSSR count). The van der Waals surface area contributed by atoms with Gasteiger partial charge in [-0.1, -0.05) is 44.9 Å². The maximum atomic E-state index is 11.3. The van der Waals surface area contributed by atoms with E-state index in [0.29, 0.717) is 18.9 Å². The quantitative estimate of drug-likeness (QED) is 0.452. The molecule has 0 aliphatic carbocycles. The van der Waals surface area contributed by atoms with E-state index in [0.717, 1.165) is 12.8 Å². The normalized spacial score (nSPS) is 11.0. The predicted molar refractivity (Wildman–Crippen MR) is 99.9 cm³/mol. The lowest BCUT2D eigenvalue weighted by Gasteiger charge is -2.05. The summed E-state index contributed by atoms with van der Waals surface area (Å²) in [5.74, 6) is -0.175. The van der Waals surface area contributed by atoms with Crippen LogP contribution < -0.4 is 0 Å². The molecular weight excluding hydrogens is 304 g/mol. The molecule has 0 heterocycles. The van der Waals surface area contributed by atoms with E-state index in [1.54, 1.807) is 0 Å². The molecule has 0 radical (unpaired) electrons. The number of hydrogen-bond acceptors (Lipinski definition) is 3. The largest absolute Gasteiger partial charge is 0.481 e. The van der Waals surface area contributed by atoms with Crippen molar-refractivity contribution in [3.8, 4) is 0 Å². The average molecular weight is 341 g/mol. The lowest BCUT2D eigenvalue weighted by atomic mass is 10.1. The smallest absolute Gasteiger partial charge is 0.306 e. The Morgan fingerprint density at radius 3 is 1.88 bits per heavy atom. The molecular formula is C20H36O4. The second kappa shape index (κ2) is 15.0. The van der Waals surface area contributed by atoms with Gasteiger partial charge in [0, 0.05) is 12.8 Å². The molecule has 1 N–H and O–H groups in total. The molecule has 0 aliphatic rings. The summed E-state index contributed by atoms with van der Waals surface area (Å²) in [4.78, 5) is 21.1. The number of carboxylic acid groups (broad SMARTS) is 1. The van der Waals surface area contributed by atoms with Gasteiger partial charge in [0.05, 0.1) is 0 Å². The van der Waals surface area contributed by atoms with Crippen LogP contribution in [0.1, 0.15) is 74.1 Å². The fourth-order valence-corrected chi connectivity index (χ4v) is 1.71. The monoisotopic (exact) mass is 340 g/mol. The van der Waals surface area contributed by atoms with E-state index in [1.807, 2.05) is 33.8 Å². The van der Waals surface area contributed by atoms with Crippen LogP contribution >= 0.6 is 0 Å². The van der Waals surface area contributed by atoms with Gasteiger partial charge in [-0.3, -0.25) is 9.59 Å². The van der Waals surface area contributed by atoms with Crippen LogP contribution in [0.25, 0.3) is 0 Å². The van der Waals surface area contributed by atoms with Crippen molar-refractivity contribution in [2.45, 2.75) is 74.1 Å². The Kier molecular flexibility index (Phi) is 15.4. The Hall–Kier alpha value is -1.58. The van der Waals surface area contributed by atoms with Crippen LogP contribution in [-0.2, 0) is 14.3 Å². The van der Waals surface area contributed by atoms with Gasteiger partial charge in [-0.2, -0.15) is 0 Å². The fraction of sp³-hybridized carbons (Fsp3) is 0.700. The first-order valence-electron chi connectivity index (χ1n) is 8.71. The highest BCUT2D eigenvalue weighted by atomic mass is 16.5. The Balaban J connectivity index is 0. The van der Waals surface area contributed by atoms with Gasteiger partial charge >= 0.3 is 11.9 Å². The molecule has 0 saturated carbocycles. The van der Waals surface area contributed by atoms with Crippen molar-refractivity contribution in [3.63, 3.8) is 0 Å². The molecule has 0 aromatic carbocycles. The zero-order valence-corrected chi connectivity index (χ0v) is 16.5. The van der Waals surface area contributed by atoms with E-state index in [-0.39, 0.29) is 18.3 Å². The number of rotatable bonds is 9. The van der Waals surface area contributed by atoms with Crippen molar-refractivity contribution in [2.24, 2.45) is 11.8 Å². The second-order valence-corrected chi connectivity index (χ2v) is 7.14. The van der Waals surface area contributed by atoms with Gasteiger partial charge in [-0.15, -0.1) is 0 Å². The summed E-state index contributed by atoms with van der Waals surface area (Å²) < 4.78 is 5.12. The predicted octanol–water partition coefficient (Wildman–Crippen LogP) is 5.39. The highest BCUT2D eigenvalue weighted by molar-refractivity contribution is 5.69. The number of allylic oxidation sites excluding steroid dienone is 3. The lowest BCUT2D eigenvalue weighted by Crippen LogP contribution is -2.07. The molecule has 24 heavy (non-hydrogen) atoms. The first kappa shape index (κ1) is 24.7. The van der Waals surface area contributed by atoms with Gasteiger partial charge in [0.2, 0.25) is 0 Å². The second-order valence-electron chi connectivity index (χ2n) is 7.14. The van der Waals surface area contributed by atoms with Gasteiger partial charge < -0.3 is 9.84 Å². The third-order valence-corrected chi connectivity index (χ3v) is 2.93. The Morgan fingerprint density at radius 2 is 1.50 bits per heavy atom. The third kappa shape index (κ3) is 22.7. The minimum Gasteiger partial charge on any atom is -0.481 e. The van der Waals surface area contributed by atoms with Gasteiger partial charge in [0.25, 0.3) is 0 Å². The molecule has 0 fully saturated rings. The SMILES string of the molecule is CC(C)=CCC/C(C)=C\COC(=O)CC(C)C.CC(C)CC(=O)O. The third-order valence-electron chi connectivity index (χ3n) is 2.93. The minimum atomic E-state index is -0.713. The molecule has 0 unspecified atom stereocenters. The number of carbonyl (C=O) groups excluding carboxylic acids is 1. The van der Waals surface area contributed by atoms with Gasteiger partial charge in [0.1, 0.15) is 6.61 Å². The van der Waals surface area contributed by atoms with E-state index in [1.165, 1.54) is 11.1 Å². The molecule has 0 amide bonds. The maximum Gasteiger partial charge on any atom is 0.306 e. The van der Waals surface area contributed by atoms with Crippen LogP contribution in [0.5, 0.6) is 0 Å². The van der Waals surface area contributed by atoms with Crippen LogP contribution in [-0.4, -0.2) is 23.7 Å². The zero-order valence-electron chi connectivity index (χ0n) is 16.5. The maximum absolute atomic E-state index is 11.3. The molecule has 4 nitrogen and oxygen atoms in total. The van der Waals surface area contributed by atoms with E-state index in [9.17, 15) is 9.59 Å². The summed E-state index contributed by atoms with van der Waals surface area (Å²) in [6, 6.07) is 0. The number of aliphatic carboxylic acids is 1. The molecule has 0 saturated heterocycles. The molecule has 4 heteroatoms. The van der Waals surface area contributed by atoms with Crippen LogP contribution in [0.15, 0.2) is 23.3 Å². The van der Waals surface area contributed by atoms with Crippen molar-refractivity contribution in [2.75, 3.05) is 6.61 Å². The van der Waals surface area contributed by atoms with Crippen LogP contribution in [0.3, 0.4) is 0 Å². The first-order valence-corrected chi connectivity index (χ1v) is 8.71. The lowest BCUT2D eigenvalue weighted by molar-refractivity contribution is -0.143. The van der Waals surface area contributed by atoms with Crippen LogP contribution in [0.4, 0.5) is 0 Å². The summed E-state index contributed by atoms with van der Waals surface area (Å²) in [5.41, 5.74) is 2.63. The van der Waals surface area contributed by atoms with E-state index >= 15 is 0 Å². The topological polar surface area (TPSA) is 63.6 Å². The van der Waals surface area contributed by atoms with Gasteiger partial charge in [-0.05, 0) is 51.5 Å². The molecule has 0 atom stereocenters. The number of hydrogen-bond donors (Lipinski definition) is 1. The number of ether oxygens (including phenoxy) is 1. The average Bonchev–Trinajstić information content (AvgIpc) is 2.36. The minimum absolute atomic E-state index is 0.103. The number of carbonyl (C=O) groups is 2. The standard InChI is InChI=1S/C15H26O2.C5H10O2/c1-12(2)7-6-8-14(5)9-10-17-15(16)11-13(3)4;1-4(2)3-5(6)7/h7,9,13H,6,8,10-11H2,1-5H3;4H,3H2,1-2H3,(H,6,7)/b14-9-;. The summed E-state index contributed by atoms with van der Waals surface area (Å²) >= 11 is 0. The Labute approximate surface area is 148 Å². The fourth-order valence-electron chi connectivity index (χ4n) is 1.71.